The number of aromatic nitrogens is 1. The molecule has 3 aromatic rings. The Morgan fingerprint density at radius 3 is 2.57 bits per heavy atom. The monoisotopic (exact) mass is 432 g/mol. The molecule has 0 N–H and O–H groups in total. The van der Waals surface area contributed by atoms with Crippen LogP contribution in [0, 0.1) is 0 Å². The average Bonchev–Trinajstić information content (AvgIpc) is 3.01. The molecule has 0 radical (unpaired) electrons. The average molecular weight is 432 g/mol. The van der Waals surface area contributed by atoms with Crippen LogP contribution in [0.5, 0.6) is 0 Å². The first kappa shape index (κ1) is 21.3. The number of hydrogen-bond donors (Lipinski definition) is 0. The van der Waals surface area contributed by atoms with Crippen LogP contribution in [0.15, 0.2) is 57.7 Å². The second-order valence-corrected chi connectivity index (χ2v) is 8.26. The summed E-state index contributed by atoms with van der Waals surface area (Å²) in [7, 11) is -3.99. The summed E-state index contributed by atoms with van der Waals surface area (Å²) in [4.78, 5) is 36.9. The van der Waals surface area contributed by atoms with Crippen LogP contribution in [0.1, 0.15) is 23.7 Å². The minimum Gasteiger partial charge on any atom is -0.462 e. The normalized spacial score (nSPS) is 11.4. The highest BCUT2D eigenvalue weighted by Gasteiger charge is 2.26. The van der Waals surface area contributed by atoms with Gasteiger partial charge in [-0.1, -0.05) is 18.2 Å². The maximum atomic E-state index is 12.8. The van der Waals surface area contributed by atoms with Gasteiger partial charge in [0.25, 0.3) is 0 Å². The third-order valence-electron chi connectivity index (χ3n) is 4.27. The van der Waals surface area contributed by atoms with E-state index in [0.29, 0.717) is 15.4 Å². The van der Waals surface area contributed by atoms with Crippen molar-refractivity contribution in [2.75, 3.05) is 17.2 Å². The summed E-state index contributed by atoms with van der Waals surface area (Å²) in [5.74, 6) is -2.02. The number of para-hydroxylation sites is 2. The fraction of sp³-hybridized carbons (Fsp3) is 0.250. The number of anilines is 1. The Morgan fingerprint density at radius 1 is 1.13 bits per heavy atom. The van der Waals surface area contributed by atoms with Crippen molar-refractivity contribution >= 4 is 38.7 Å². The number of carbonyl (C=O) groups excluding carboxylic acids is 2. The van der Waals surface area contributed by atoms with E-state index in [0.717, 1.165) is 6.26 Å². The molecule has 0 aliphatic rings. The second-order valence-electron chi connectivity index (χ2n) is 6.43. The van der Waals surface area contributed by atoms with E-state index < -0.39 is 27.7 Å². The molecule has 0 fully saturated rings. The number of hydrogen-bond acceptors (Lipinski definition) is 7. The van der Waals surface area contributed by atoms with Crippen LogP contribution in [-0.4, -0.2) is 37.7 Å². The predicted molar refractivity (Wildman–Crippen MR) is 110 cm³/mol. The first-order valence-electron chi connectivity index (χ1n) is 9.11. The van der Waals surface area contributed by atoms with Gasteiger partial charge < -0.3 is 9.15 Å². The number of fused-ring (bicyclic) bond motifs is 1. The quantitative estimate of drug-likeness (QED) is 0.525. The number of carbonyl (C=O) groups is 2. The largest absolute Gasteiger partial charge is 0.462 e. The van der Waals surface area contributed by atoms with Gasteiger partial charge in [0.1, 0.15) is 0 Å². The molecule has 0 unspecified atom stereocenters. The number of aryl methyl sites for hydroxylation is 1. The van der Waals surface area contributed by atoms with Gasteiger partial charge in [-0.3, -0.25) is 9.36 Å². The van der Waals surface area contributed by atoms with Crippen LogP contribution in [0.25, 0.3) is 11.1 Å². The van der Waals surface area contributed by atoms with Gasteiger partial charge in [-0.2, -0.15) is 0 Å². The van der Waals surface area contributed by atoms with Gasteiger partial charge in [0.05, 0.1) is 29.6 Å². The third kappa shape index (κ3) is 4.43. The number of ether oxygens (including phenoxy) is 1. The highest BCUT2D eigenvalue weighted by molar-refractivity contribution is 7.92. The molecule has 10 heteroatoms. The van der Waals surface area contributed by atoms with Gasteiger partial charge in [-0.15, -0.1) is 0 Å². The number of amides is 1. The zero-order valence-corrected chi connectivity index (χ0v) is 17.2. The van der Waals surface area contributed by atoms with Crippen LogP contribution in [-0.2, 0) is 26.1 Å². The predicted octanol–water partition coefficient (Wildman–Crippen LogP) is 2.15. The third-order valence-corrected chi connectivity index (χ3v) is 5.35. The Bertz CT molecular complexity index is 1260. The number of esters is 1. The molecule has 0 aliphatic heterocycles. The maximum Gasteiger partial charge on any atom is 0.419 e. The van der Waals surface area contributed by atoms with Gasteiger partial charge in [0.2, 0.25) is 15.9 Å². The van der Waals surface area contributed by atoms with Crippen molar-refractivity contribution in [2.24, 2.45) is 0 Å². The van der Waals surface area contributed by atoms with E-state index in [4.69, 9.17) is 9.15 Å². The zero-order chi connectivity index (χ0) is 21.9. The molecule has 30 heavy (non-hydrogen) atoms. The molecule has 1 heterocycles. The number of oxazole rings is 1. The Balaban J connectivity index is 1.89. The molecule has 9 nitrogen and oxygen atoms in total. The summed E-state index contributed by atoms with van der Waals surface area (Å²) >= 11 is 0. The van der Waals surface area contributed by atoms with Crippen LogP contribution in [0.4, 0.5) is 5.69 Å². The summed E-state index contributed by atoms with van der Waals surface area (Å²) in [6, 6.07) is 12.3. The van der Waals surface area contributed by atoms with E-state index >= 15 is 0 Å². The van der Waals surface area contributed by atoms with E-state index in [9.17, 15) is 22.8 Å². The maximum absolute atomic E-state index is 12.8. The Morgan fingerprint density at radius 2 is 1.87 bits per heavy atom. The number of benzene rings is 2. The van der Waals surface area contributed by atoms with Crippen molar-refractivity contribution in [3.63, 3.8) is 0 Å². The van der Waals surface area contributed by atoms with Gasteiger partial charge in [-0.25, -0.2) is 22.3 Å². The van der Waals surface area contributed by atoms with Gasteiger partial charge >= 0.3 is 11.7 Å². The number of rotatable bonds is 7. The molecule has 158 valence electrons. The summed E-state index contributed by atoms with van der Waals surface area (Å²) < 4.78 is 36.6. The molecule has 0 spiro atoms. The van der Waals surface area contributed by atoms with Gasteiger partial charge in [0.15, 0.2) is 5.58 Å². The molecule has 1 amide bonds. The first-order chi connectivity index (χ1) is 14.2. The zero-order valence-electron chi connectivity index (χ0n) is 16.4. The Labute approximate surface area is 172 Å². The molecule has 3 rings (SSSR count). The van der Waals surface area contributed by atoms with Crippen LogP contribution in [0.3, 0.4) is 0 Å². The molecule has 0 bridgehead atoms. The van der Waals surface area contributed by atoms with Crippen LogP contribution >= 0.6 is 0 Å². The standard InChI is InChI=1S/C20H20N2O7S/c1-3-28-19(24)14-7-6-8-15(13-14)22(30(2,26)27)18(23)11-12-21-16-9-4-5-10-17(16)29-20(21)25/h4-10,13H,3,11-12H2,1-2H3. The van der Waals surface area contributed by atoms with Crippen molar-refractivity contribution in [1.82, 2.24) is 4.57 Å². The van der Waals surface area contributed by atoms with E-state index in [-0.39, 0.29) is 30.8 Å². The van der Waals surface area contributed by atoms with Crippen molar-refractivity contribution in [2.45, 2.75) is 19.9 Å². The number of sulfonamides is 1. The summed E-state index contributed by atoms with van der Waals surface area (Å²) in [5.41, 5.74) is 1.01. The van der Waals surface area contributed by atoms with Crippen molar-refractivity contribution in [1.29, 1.82) is 0 Å². The topological polar surface area (TPSA) is 116 Å². The lowest BCUT2D eigenvalue weighted by molar-refractivity contribution is -0.117. The van der Waals surface area contributed by atoms with Crippen molar-refractivity contribution < 1.29 is 27.2 Å². The minimum atomic E-state index is -3.99. The summed E-state index contributed by atoms with van der Waals surface area (Å²) in [6.07, 6.45) is 0.613. The van der Waals surface area contributed by atoms with E-state index in [2.05, 4.69) is 0 Å². The Hall–Kier alpha value is -3.40. The summed E-state index contributed by atoms with van der Waals surface area (Å²) in [5, 5.41) is 0. The minimum absolute atomic E-state index is 0.0115. The number of nitrogens with zero attached hydrogens (tertiary/aromatic N) is 2. The van der Waals surface area contributed by atoms with Crippen molar-refractivity contribution in [3.05, 3.63) is 64.6 Å². The molecule has 0 aliphatic carbocycles. The fourth-order valence-corrected chi connectivity index (χ4v) is 3.99. The molecular weight excluding hydrogens is 412 g/mol. The molecule has 0 atom stereocenters. The fourth-order valence-electron chi connectivity index (χ4n) is 3.03. The molecule has 2 aromatic carbocycles. The smallest absolute Gasteiger partial charge is 0.419 e. The van der Waals surface area contributed by atoms with E-state index in [1.165, 1.54) is 28.8 Å². The molecule has 1 aromatic heterocycles. The van der Waals surface area contributed by atoms with Gasteiger partial charge in [0, 0.05) is 13.0 Å². The SMILES string of the molecule is CCOC(=O)c1cccc(N(C(=O)CCn2c(=O)oc3ccccc32)S(C)(=O)=O)c1. The summed E-state index contributed by atoms with van der Waals surface area (Å²) in [6.45, 7) is 1.74. The highest BCUT2D eigenvalue weighted by atomic mass is 32.2. The lowest BCUT2D eigenvalue weighted by atomic mass is 10.2. The lowest BCUT2D eigenvalue weighted by Crippen LogP contribution is -2.37. The van der Waals surface area contributed by atoms with Gasteiger partial charge in [-0.05, 0) is 37.3 Å². The van der Waals surface area contributed by atoms with Crippen LogP contribution in [0.2, 0.25) is 0 Å². The molecule has 0 saturated heterocycles. The highest BCUT2D eigenvalue weighted by Crippen LogP contribution is 2.21. The lowest BCUT2D eigenvalue weighted by Gasteiger charge is -2.21. The molecular formula is C20H20N2O7S. The van der Waals surface area contributed by atoms with E-state index in [1.807, 2.05) is 0 Å². The Kier molecular flexibility index (Phi) is 6.06. The van der Waals surface area contributed by atoms with Crippen molar-refractivity contribution in [3.8, 4) is 0 Å². The molecule has 0 saturated carbocycles. The van der Waals surface area contributed by atoms with Crippen LogP contribution < -0.4 is 10.1 Å². The van der Waals surface area contributed by atoms with E-state index in [1.54, 1.807) is 31.2 Å². The first-order valence-corrected chi connectivity index (χ1v) is 11.0. The second kappa shape index (κ2) is 8.54.